The minimum Gasteiger partial charge on any atom is -0.488 e. The fourth-order valence-corrected chi connectivity index (χ4v) is 2.98. The summed E-state index contributed by atoms with van der Waals surface area (Å²) in [4.78, 5) is 20.6. The SMILES string of the molecule is O=[N+]([O-])c1ccc(N/N=C\c2cc(Cl)ccc2OCc2cccc(Cl)c2)c([N+](=O)[O-])c1. The van der Waals surface area contributed by atoms with E-state index in [1.165, 1.54) is 12.3 Å². The second kappa shape index (κ2) is 9.88. The summed E-state index contributed by atoms with van der Waals surface area (Å²) in [7, 11) is 0. The van der Waals surface area contributed by atoms with Gasteiger partial charge in [0.1, 0.15) is 18.0 Å². The summed E-state index contributed by atoms with van der Waals surface area (Å²) in [6.45, 7) is 0.254. The third-order valence-corrected chi connectivity index (χ3v) is 4.50. The molecule has 0 atom stereocenters. The molecule has 11 heteroatoms. The van der Waals surface area contributed by atoms with Gasteiger partial charge in [0, 0.05) is 21.7 Å². The molecule has 1 N–H and O–H groups in total. The van der Waals surface area contributed by atoms with Crippen molar-refractivity contribution in [2.45, 2.75) is 6.61 Å². The number of hydrogen-bond acceptors (Lipinski definition) is 7. The molecule has 0 aliphatic carbocycles. The lowest BCUT2D eigenvalue weighted by molar-refractivity contribution is -0.393. The Balaban J connectivity index is 1.78. The summed E-state index contributed by atoms with van der Waals surface area (Å²) >= 11 is 12.0. The number of hydrazone groups is 1. The van der Waals surface area contributed by atoms with Gasteiger partial charge >= 0.3 is 5.69 Å². The molecule has 0 heterocycles. The Bertz CT molecular complexity index is 1170. The van der Waals surface area contributed by atoms with Crippen molar-refractivity contribution in [2.24, 2.45) is 5.10 Å². The topological polar surface area (TPSA) is 120 Å². The molecule has 0 spiro atoms. The number of anilines is 1. The van der Waals surface area contributed by atoms with Gasteiger partial charge in [-0.2, -0.15) is 5.10 Å². The molecule has 31 heavy (non-hydrogen) atoms. The van der Waals surface area contributed by atoms with Crippen molar-refractivity contribution in [1.29, 1.82) is 0 Å². The lowest BCUT2D eigenvalue weighted by Gasteiger charge is -2.10. The van der Waals surface area contributed by atoms with E-state index in [1.54, 1.807) is 30.3 Å². The summed E-state index contributed by atoms with van der Waals surface area (Å²) in [6.07, 6.45) is 1.38. The zero-order valence-electron chi connectivity index (χ0n) is 15.7. The molecule has 0 saturated carbocycles. The Morgan fingerprint density at radius 3 is 2.45 bits per heavy atom. The minimum absolute atomic E-state index is 0.00438. The molecule has 0 saturated heterocycles. The molecule has 0 aliphatic rings. The van der Waals surface area contributed by atoms with Gasteiger partial charge in [0.15, 0.2) is 0 Å². The highest BCUT2D eigenvalue weighted by atomic mass is 35.5. The van der Waals surface area contributed by atoms with Gasteiger partial charge in [-0.25, -0.2) is 0 Å². The third kappa shape index (κ3) is 5.91. The van der Waals surface area contributed by atoms with E-state index < -0.39 is 21.2 Å². The van der Waals surface area contributed by atoms with E-state index >= 15 is 0 Å². The maximum absolute atomic E-state index is 11.2. The summed E-state index contributed by atoms with van der Waals surface area (Å²) in [5.41, 5.74) is 3.04. The summed E-state index contributed by atoms with van der Waals surface area (Å²) in [5, 5.41) is 27.1. The second-order valence-corrected chi connectivity index (χ2v) is 7.06. The fraction of sp³-hybridized carbons (Fsp3) is 0.0500. The van der Waals surface area contributed by atoms with Crippen LogP contribution in [0.5, 0.6) is 5.75 Å². The van der Waals surface area contributed by atoms with Crippen LogP contribution >= 0.6 is 23.2 Å². The van der Waals surface area contributed by atoms with Crippen molar-refractivity contribution in [3.63, 3.8) is 0 Å². The van der Waals surface area contributed by atoms with E-state index in [9.17, 15) is 20.2 Å². The van der Waals surface area contributed by atoms with Crippen LogP contribution in [0.15, 0.2) is 65.8 Å². The molecule has 158 valence electrons. The number of nitro groups is 2. The van der Waals surface area contributed by atoms with Gasteiger partial charge in [0.05, 0.1) is 22.1 Å². The van der Waals surface area contributed by atoms with Crippen LogP contribution in [0.1, 0.15) is 11.1 Å². The highest BCUT2D eigenvalue weighted by Gasteiger charge is 2.19. The normalized spacial score (nSPS) is 10.8. The molecule has 0 radical (unpaired) electrons. The fourth-order valence-electron chi connectivity index (χ4n) is 2.59. The maximum atomic E-state index is 11.2. The Morgan fingerprint density at radius 2 is 1.74 bits per heavy atom. The average molecular weight is 461 g/mol. The van der Waals surface area contributed by atoms with E-state index in [2.05, 4.69) is 10.5 Å². The van der Waals surface area contributed by atoms with Crippen LogP contribution < -0.4 is 10.2 Å². The van der Waals surface area contributed by atoms with Crippen LogP contribution in [0.25, 0.3) is 0 Å². The monoisotopic (exact) mass is 460 g/mol. The van der Waals surface area contributed by atoms with Crippen molar-refractivity contribution in [3.8, 4) is 5.75 Å². The van der Waals surface area contributed by atoms with Crippen LogP contribution in [0.4, 0.5) is 17.1 Å². The van der Waals surface area contributed by atoms with E-state index in [4.69, 9.17) is 27.9 Å². The number of nitrogens with one attached hydrogen (secondary N) is 1. The predicted molar refractivity (Wildman–Crippen MR) is 118 cm³/mol. The van der Waals surface area contributed by atoms with E-state index in [1.807, 2.05) is 12.1 Å². The van der Waals surface area contributed by atoms with Gasteiger partial charge in [-0.1, -0.05) is 35.3 Å². The Hall–Kier alpha value is -3.69. The molecular formula is C20H14Cl2N4O5. The molecule has 3 aromatic rings. The van der Waals surface area contributed by atoms with Crippen LogP contribution in [0, 0.1) is 20.2 Å². The maximum Gasteiger partial charge on any atom is 0.301 e. The van der Waals surface area contributed by atoms with Crippen LogP contribution in [0.3, 0.4) is 0 Å². The standard InChI is InChI=1S/C20H14Cl2N4O5/c21-15-3-1-2-13(8-15)12-31-20-7-4-16(22)9-14(20)11-23-24-18-6-5-17(25(27)28)10-19(18)26(29)30/h1-11,24H,12H2/b23-11-. The van der Waals surface area contributed by atoms with Gasteiger partial charge in [-0.3, -0.25) is 25.7 Å². The van der Waals surface area contributed by atoms with Crippen molar-refractivity contribution in [1.82, 2.24) is 0 Å². The zero-order valence-corrected chi connectivity index (χ0v) is 17.2. The number of benzene rings is 3. The largest absolute Gasteiger partial charge is 0.488 e. The second-order valence-electron chi connectivity index (χ2n) is 6.19. The first-order chi connectivity index (χ1) is 14.8. The highest BCUT2D eigenvalue weighted by Crippen LogP contribution is 2.29. The molecule has 0 bridgehead atoms. The molecule has 0 amide bonds. The Morgan fingerprint density at radius 1 is 0.968 bits per heavy atom. The van der Waals surface area contributed by atoms with Gasteiger partial charge in [0.25, 0.3) is 5.69 Å². The number of hydrogen-bond donors (Lipinski definition) is 1. The van der Waals surface area contributed by atoms with Gasteiger partial charge in [-0.15, -0.1) is 0 Å². The molecule has 3 aromatic carbocycles. The molecule has 0 fully saturated rings. The first kappa shape index (κ1) is 22.0. The average Bonchev–Trinajstić information content (AvgIpc) is 2.73. The summed E-state index contributed by atoms with van der Waals surface area (Å²) in [6, 6.07) is 15.4. The molecule has 3 rings (SSSR count). The first-order valence-corrected chi connectivity index (χ1v) is 9.48. The minimum atomic E-state index is -0.732. The van der Waals surface area contributed by atoms with Crippen molar-refractivity contribution < 1.29 is 14.6 Å². The first-order valence-electron chi connectivity index (χ1n) is 8.72. The van der Waals surface area contributed by atoms with Gasteiger partial charge in [0.2, 0.25) is 0 Å². The Kier molecular flexibility index (Phi) is 7.01. The lowest BCUT2D eigenvalue weighted by atomic mass is 10.2. The molecular weight excluding hydrogens is 447 g/mol. The number of halogens is 2. The molecule has 0 aliphatic heterocycles. The van der Waals surface area contributed by atoms with E-state index in [-0.39, 0.29) is 12.3 Å². The van der Waals surface area contributed by atoms with Crippen LogP contribution in [-0.2, 0) is 6.61 Å². The third-order valence-electron chi connectivity index (χ3n) is 4.03. The number of nitrogens with zero attached hydrogens (tertiary/aromatic N) is 3. The zero-order chi connectivity index (χ0) is 22.4. The van der Waals surface area contributed by atoms with Crippen molar-refractivity contribution in [3.05, 3.63) is 102 Å². The van der Waals surface area contributed by atoms with E-state index in [0.717, 1.165) is 17.7 Å². The van der Waals surface area contributed by atoms with Crippen molar-refractivity contribution in [2.75, 3.05) is 5.43 Å². The predicted octanol–water partition coefficient (Wildman–Crippen LogP) is 5.83. The quantitative estimate of drug-likeness (QED) is 0.256. The highest BCUT2D eigenvalue weighted by molar-refractivity contribution is 6.31. The van der Waals surface area contributed by atoms with Crippen molar-refractivity contribution >= 4 is 46.5 Å². The van der Waals surface area contributed by atoms with E-state index in [0.29, 0.717) is 21.4 Å². The lowest BCUT2D eigenvalue weighted by Crippen LogP contribution is -2.01. The molecule has 0 unspecified atom stereocenters. The Labute approximate surface area is 186 Å². The van der Waals surface area contributed by atoms with Crippen LogP contribution in [-0.4, -0.2) is 16.1 Å². The number of nitro benzene ring substituents is 2. The number of ether oxygens (including phenoxy) is 1. The van der Waals surface area contributed by atoms with Gasteiger partial charge < -0.3 is 4.74 Å². The number of non-ortho nitro benzene ring substituents is 1. The summed E-state index contributed by atoms with van der Waals surface area (Å²) in [5.74, 6) is 0.480. The molecule has 9 nitrogen and oxygen atoms in total. The smallest absolute Gasteiger partial charge is 0.301 e. The molecule has 0 aromatic heterocycles. The summed E-state index contributed by atoms with van der Waals surface area (Å²) < 4.78 is 5.82. The van der Waals surface area contributed by atoms with Gasteiger partial charge in [-0.05, 0) is 42.0 Å². The van der Waals surface area contributed by atoms with Crippen LogP contribution in [0.2, 0.25) is 10.0 Å². The number of rotatable bonds is 8.